The van der Waals surface area contributed by atoms with E-state index in [1.807, 2.05) is 26.0 Å². The first-order valence-electron chi connectivity index (χ1n) is 6.31. The maximum atomic E-state index is 5.74. The lowest BCUT2D eigenvalue weighted by Gasteiger charge is -2.07. The summed E-state index contributed by atoms with van der Waals surface area (Å²) in [5, 5.41) is 0. The summed E-state index contributed by atoms with van der Waals surface area (Å²) in [7, 11) is 1.67. The van der Waals surface area contributed by atoms with Crippen LogP contribution in [0, 0.1) is 0 Å². The van der Waals surface area contributed by atoms with Gasteiger partial charge in [-0.25, -0.2) is 0 Å². The molecular formula is C16H22N2O. The van der Waals surface area contributed by atoms with Crippen molar-refractivity contribution < 1.29 is 4.74 Å². The Kier molecular flexibility index (Phi) is 5.86. The molecule has 3 heteroatoms. The zero-order valence-electron chi connectivity index (χ0n) is 11.9. The molecule has 0 saturated carbocycles. The van der Waals surface area contributed by atoms with Gasteiger partial charge in [0, 0.05) is 29.6 Å². The Morgan fingerprint density at radius 3 is 2.84 bits per heavy atom. The maximum Gasteiger partial charge on any atom is 0.100 e. The Labute approximate surface area is 115 Å². The van der Waals surface area contributed by atoms with Gasteiger partial charge >= 0.3 is 0 Å². The molecular weight excluding hydrogens is 236 g/mol. The van der Waals surface area contributed by atoms with Gasteiger partial charge in [-0.2, -0.15) is 0 Å². The molecule has 0 aromatic heterocycles. The quantitative estimate of drug-likeness (QED) is 0.765. The van der Waals surface area contributed by atoms with E-state index in [1.54, 1.807) is 13.3 Å². The molecule has 0 heterocycles. The number of allylic oxidation sites excluding steroid dienone is 6. The molecule has 0 unspecified atom stereocenters. The van der Waals surface area contributed by atoms with E-state index >= 15 is 0 Å². The second kappa shape index (κ2) is 7.41. The van der Waals surface area contributed by atoms with Crippen molar-refractivity contribution in [3.63, 3.8) is 0 Å². The Hall–Kier alpha value is -2.03. The number of hydrogen-bond donors (Lipinski definition) is 1. The number of methoxy groups -OCH3 is 1. The van der Waals surface area contributed by atoms with Crippen LogP contribution in [-0.2, 0) is 4.74 Å². The Morgan fingerprint density at radius 1 is 1.53 bits per heavy atom. The summed E-state index contributed by atoms with van der Waals surface area (Å²) in [4.78, 5) is 4.23. The number of nitrogens with two attached hydrogens (primary N) is 1. The number of nitrogens with zero attached hydrogens (tertiary/aromatic N) is 1. The minimum absolute atomic E-state index is 0.550. The van der Waals surface area contributed by atoms with Crippen LogP contribution in [0.3, 0.4) is 0 Å². The van der Waals surface area contributed by atoms with Crippen LogP contribution < -0.4 is 5.73 Å². The van der Waals surface area contributed by atoms with E-state index in [0.29, 0.717) is 5.70 Å². The van der Waals surface area contributed by atoms with Crippen LogP contribution in [0.1, 0.15) is 26.7 Å². The van der Waals surface area contributed by atoms with Gasteiger partial charge in [0.25, 0.3) is 0 Å². The van der Waals surface area contributed by atoms with E-state index in [4.69, 9.17) is 10.5 Å². The van der Waals surface area contributed by atoms with E-state index in [-0.39, 0.29) is 0 Å². The lowest BCUT2D eigenvalue weighted by molar-refractivity contribution is 0.282. The van der Waals surface area contributed by atoms with Crippen molar-refractivity contribution in [1.29, 1.82) is 0 Å². The first-order chi connectivity index (χ1) is 9.06. The van der Waals surface area contributed by atoms with Crippen LogP contribution in [0.4, 0.5) is 0 Å². The van der Waals surface area contributed by atoms with E-state index in [2.05, 4.69) is 23.7 Å². The third-order valence-electron chi connectivity index (χ3n) is 2.84. The van der Waals surface area contributed by atoms with Crippen LogP contribution in [0.2, 0.25) is 0 Å². The predicted octanol–water partition coefficient (Wildman–Crippen LogP) is 3.63. The smallest absolute Gasteiger partial charge is 0.100 e. The van der Waals surface area contributed by atoms with Gasteiger partial charge in [-0.3, -0.25) is 4.99 Å². The lowest BCUT2D eigenvalue weighted by atomic mass is 10.1. The highest BCUT2D eigenvalue weighted by Gasteiger charge is 2.07. The zero-order valence-corrected chi connectivity index (χ0v) is 11.9. The molecule has 19 heavy (non-hydrogen) atoms. The van der Waals surface area contributed by atoms with Gasteiger partial charge in [0.1, 0.15) is 5.76 Å². The molecule has 0 amide bonds. The van der Waals surface area contributed by atoms with Crippen LogP contribution in [0.5, 0.6) is 0 Å². The molecule has 0 aromatic carbocycles. The number of hydrogen-bond acceptors (Lipinski definition) is 3. The first kappa shape index (κ1) is 15.0. The summed E-state index contributed by atoms with van der Waals surface area (Å²) in [6, 6.07) is 0. The van der Waals surface area contributed by atoms with Crippen molar-refractivity contribution >= 4 is 6.21 Å². The van der Waals surface area contributed by atoms with Gasteiger partial charge in [0.2, 0.25) is 0 Å². The first-order valence-corrected chi connectivity index (χ1v) is 6.31. The molecule has 3 nitrogen and oxygen atoms in total. The minimum atomic E-state index is 0.550. The maximum absolute atomic E-state index is 5.74. The fourth-order valence-corrected chi connectivity index (χ4v) is 1.77. The standard InChI is InChI=1S/C16H22N2O/c1-5-18-12(2)6-7-14-8-9-15(13(3)17)11-16(10-14)19-4/h5-6,8-9,11H,3,7,10,17H2,1-2,4H3/b12-6-,18-5?. The monoisotopic (exact) mass is 258 g/mol. The Balaban J connectivity index is 2.89. The Bertz CT molecular complexity index is 491. The molecule has 0 saturated heterocycles. The van der Waals surface area contributed by atoms with Crippen molar-refractivity contribution in [1.82, 2.24) is 0 Å². The fraction of sp³-hybridized carbons (Fsp3) is 0.312. The minimum Gasteiger partial charge on any atom is -0.501 e. The molecule has 0 aliphatic heterocycles. The Morgan fingerprint density at radius 2 is 2.26 bits per heavy atom. The van der Waals surface area contributed by atoms with Crippen LogP contribution in [0.15, 0.2) is 64.2 Å². The molecule has 1 aliphatic rings. The van der Waals surface area contributed by atoms with Crippen molar-refractivity contribution in [3.8, 4) is 0 Å². The van der Waals surface area contributed by atoms with E-state index in [9.17, 15) is 0 Å². The van der Waals surface area contributed by atoms with Crippen LogP contribution in [0.25, 0.3) is 0 Å². The van der Waals surface area contributed by atoms with Gasteiger partial charge in [-0.1, -0.05) is 30.4 Å². The molecule has 0 spiro atoms. The summed E-state index contributed by atoms with van der Waals surface area (Å²) < 4.78 is 5.37. The van der Waals surface area contributed by atoms with E-state index in [0.717, 1.165) is 29.9 Å². The summed E-state index contributed by atoms with van der Waals surface area (Å²) in [6.07, 6.45) is 11.5. The highest BCUT2D eigenvalue weighted by Crippen LogP contribution is 2.23. The van der Waals surface area contributed by atoms with Gasteiger partial charge < -0.3 is 10.5 Å². The van der Waals surface area contributed by atoms with Gasteiger partial charge in [-0.15, -0.1) is 0 Å². The van der Waals surface area contributed by atoms with Crippen molar-refractivity contribution in [2.24, 2.45) is 10.7 Å². The number of rotatable bonds is 5. The molecule has 102 valence electrons. The summed E-state index contributed by atoms with van der Waals surface area (Å²) >= 11 is 0. The largest absolute Gasteiger partial charge is 0.501 e. The second-order valence-electron chi connectivity index (χ2n) is 4.40. The van der Waals surface area contributed by atoms with Crippen molar-refractivity contribution in [2.75, 3.05) is 7.11 Å². The number of ether oxygens (including phenoxy) is 1. The van der Waals surface area contributed by atoms with E-state index < -0.39 is 0 Å². The van der Waals surface area contributed by atoms with Crippen LogP contribution >= 0.6 is 0 Å². The summed E-state index contributed by atoms with van der Waals surface area (Å²) in [5.74, 6) is 0.895. The topological polar surface area (TPSA) is 47.6 Å². The predicted molar refractivity (Wildman–Crippen MR) is 81.7 cm³/mol. The molecule has 2 N–H and O–H groups in total. The lowest BCUT2D eigenvalue weighted by Crippen LogP contribution is -1.97. The van der Waals surface area contributed by atoms with Crippen LogP contribution in [-0.4, -0.2) is 13.3 Å². The molecule has 0 bridgehead atoms. The molecule has 0 fully saturated rings. The fourth-order valence-electron chi connectivity index (χ4n) is 1.77. The average molecular weight is 258 g/mol. The SMILES string of the molecule is C=C(N)C1=CC=C(C/C=C(/C)N=CC)CC(OC)=C1. The molecule has 0 atom stereocenters. The molecule has 1 rings (SSSR count). The molecule has 1 aliphatic carbocycles. The third kappa shape index (κ3) is 5.00. The third-order valence-corrected chi connectivity index (χ3v) is 2.84. The van der Waals surface area contributed by atoms with Crippen molar-refractivity contribution in [3.05, 3.63) is 59.2 Å². The number of aliphatic imine (C=N–C) groups is 1. The average Bonchev–Trinajstić information content (AvgIpc) is 2.59. The highest BCUT2D eigenvalue weighted by atomic mass is 16.5. The van der Waals surface area contributed by atoms with Gasteiger partial charge in [0.05, 0.1) is 7.11 Å². The zero-order chi connectivity index (χ0) is 14.3. The summed E-state index contributed by atoms with van der Waals surface area (Å²) in [6.45, 7) is 7.67. The van der Waals surface area contributed by atoms with Gasteiger partial charge in [0.15, 0.2) is 0 Å². The highest BCUT2D eigenvalue weighted by molar-refractivity contribution is 5.55. The summed E-state index contributed by atoms with van der Waals surface area (Å²) in [5.41, 5.74) is 9.47. The molecule has 0 aromatic rings. The molecule has 0 radical (unpaired) electrons. The van der Waals surface area contributed by atoms with E-state index in [1.165, 1.54) is 5.57 Å². The van der Waals surface area contributed by atoms with Gasteiger partial charge in [-0.05, 0) is 26.3 Å². The van der Waals surface area contributed by atoms with Crippen molar-refractivity contribution in [2.45, 2.75) is 26.7 Å². The normalized spacial score (nSPS) is 16.6. The second-order valence-corrected chi connectivity index (χ2v) is 4.40.